The molecule has 0 rings (SSSR count). The zero-order valence-corrected chi connectivity index (χ0v) is 18.5. The molecule has 2 N–H and O–H groups in total. The molecule has 0 aliphatic heterocycles. The smallest absolute Gasteiger partial charge is 0.0549 e. The van der Waals surface area contributed by atoms with Crippen LogP contribution in [0.2, 0.25) is 0 Å². The van der Waals surface area contributed by atoms with E-state index in [1.165, 1.54) is 38.5 Å². The highest BCUT2D eigenvalue weighted by molar-refractivity contribution is 4.68. The quantitative estimate of drug-likeness (QED) is 0.335. The number of nitrogens with two attached hydrogens (primary N) is 1. The van der Waals surface area contributed by atoms with Gasteiger partial charge in [-0.2, -0.15) is 0 Å². The minimum Gasteiger partial charge on any atom is -0.378 e. The number of ether oxygens (including phenoxy) is 1. The zero-order chi connectivity index (χ0) is 19.2. The van der Waals surface area contributed by atoms with Crippen molar-refractivity contribution in [2.24, 2.45) is 35.3 Å². The Bertz CT molecular complexity index is 292. The maximum absolute atomic E-state index is 6.07. The van der Waals surface area contributed by atoms with Gasteiger partial charge in [0.1, 0.15) is 0 Å². The molecule has 5 atom stereocenters. The summed E-state index contributed by atoms with van der Waals surface area (Å²) in [5.41, 5.74) is 5.67. The lowest BCUT2D eigenvalue weighted by Gasteiger charge is -2.24. The van der Waals surface area contributed by atoms with Crippen molar-refractivity contribution < 1.29 is 4.74 Å². The van der Waals surface area contributed by atoms with E-state index in [0.717, 1.165) is 55.6 Å². The second-order valence-electron chi connectivity index (χ2n) is 8.99. The molecule has 0 heterocycles. The summed E-state index contributed by atoms with van der Waals surface area (Å²) >= 11 is 0. The molecule has 5 unspecified atom stereocenters. The Morgan fingerprint density at radius 2 is 1.36 bits per heavy atom. The largest absolute Gasteiger partial charge is 0.378 e. The van der Waals surface area contributed by atoms with Gasteiger partial charge in [-0.05, 0) is 68.7 Å². The fraction of sp³-hybridized carbons (Fsp3) is 1.00. The summed E-state index contributed by atoms with van der Waals surface area (Å²) in [6, 6.07) is 0. The Morgan fingerprint density at radius 1 is 0.760 bits per heavy atom. The van der Waals surface area contributed by atoms with Crippen LogP contribution in [-0.4, -0.2) is 19.3 Å². The lowest BCUT2D eigenvalue weighted by molar-refractivity contribution is 0.0398. The summed E-state index contributed by atoms with van der Waals surface area (Å²) < 4.78 is 6.07. The molecule has 0 bridgehead atoms. The van der Waals surface area contributed by atoms with Crippen molar-refractivity contribution in [3.63, 3.8) is 0 Å². The zero-order valence-electron chi connectivity index (χ0n) is 18.5. The van der Waals surface area contributed by atoms with E-state index in [0.29, 0.717) is 6.10 Å². The van der Waals surface area contributed by atoms with E-state index in [2.05, 4.69) is 48.5 Å². The van der Waals surface area contributed by atoms with Crippen molar-refractivity contribution in [3.05, 3.63) is 0 Å². The van der Waals surface area contributed by atoms with Gasteiger partial charge in [0, 0.05) is 6.61 Å². The van der Waals surface area contributed by atoms with Gasteiger partial charge in [0.05, 0.1) is 6.10 Å². The molecule has 0 aromatic carbocycles. The summed E-state index contributed by atoms with van der Waals surface area (Å²) in [5.74, 6) is 4.08. The summed E-state index contributed by atoms with van der Waals surface area (Å²) in [7, 11) is 0. The first-order valence-corrected chi connectivity index (χ1v) is 11.1. The van der Waals surface area contributed by atoms with Crippen molar-refractivity contribution in [2.45, 2.75) is 106 Å². The monoisotopic (exact) mass is 355 g/mol. The normalized spacial score (nSPS) is 18.1. The molecule has 0 radical (unpaired) electrons. The van der Waals surface area contributed by atoms with Crippen LogP contribution in [0.3, 0.4) is 0 Å². The lowest BCUT2D eigenvalue weighted by atomic mass is 9.82. The molecule has 0 amide bonds. The van der Waals surface area contributed by atoms with Gasteiger partial charge >= 0.3 is 0 Å². The topological polar surface area (TPSA) is 35.2 Å². The van der Waals surface area contributed by atoms with E-state index < -0.39 is 0 Å². The first-order chi connectivity index (χ1) is 11.8. The van der Waals surface area contributed by atoms with Crippen LogP contribution in [0.25, 0.3) is 0 Å². The Labute approximate surface area is 159 Å². The minimum absolute atomic E-state index is 0.389. The molecule has 0 saturated carbocycles. The molecule has 0 aliphatic rings. The van der Waals surface area contributed by atoms with Gasteiger partial charge in [0.15, 0.2) is 0 Å². The fourth-order valence-corrected chi connectivity index (χ4v) is 4.09. The Kier molecular flexibility index (Phi) is 15.0. The van der Waals surface area contributed by atoms with Crippen molar-refractivity contribution >= 4 is 0 Å². The van der Waals surface area contributed by atoms with E-state index in [9.17, 15) is 0 Å². The van der Waals surface area contributed by atoms with Crippen LogP contribution < -0.4 is 5.73 Å². The van der Waals surface area contributed by atoms with E-state index in [4.69, 9.17) is 10.5 Å². The molecular weight excluding hydrogens is 306 g/mol. The molecule has 0 fully saturated rings. The van der Waals surface area contributed by atoms with Crippen LogP contribution in [0.15, 0.2) is 0 Å². The van der Waals surface area contributed by atoms with Crippen LogP contribution in [-0.2, 0) is 4.74 Å². The van der Waals surface area contributed by atoms with Gasteiger partial charge in [0.25, 0.3) is 0 Å². The predicted octanol–water partition coefficient (Wildman–Crippen LogP) is 6.67. The van der Waals surface area contributed by atoms with Gasteiger partial charge in [-0.25, -0.2) is 0 Å². The Morgan fingerprint density at radius 3 is 1.84 bits per heavy atom. The Hall–Kier alpha value is -0.0800. The van der Waals surface area contributed by atoms with Gasteiger partial charge in [0.2, 0.25) is 0 Å². The van der Waals surface area contributed by atoms with Gasteiger partial charge < -0.3 is 10.5 Å². The maximum atomic E-state index is 6.07. The second-order valence-corrected chi connectivity index (χ2v) is 8.99. The minimum atomic E-state index is 0.389. The molecule has 0 saturated heterocycles. The molecule has 0 aliphatic carbocycles. The Balaban J connectivity index is 3.91. The third-order valence-corrected chi connectivity index (χ3v) is 6.14. The second kappa shape index (κ2) is 15.0. The highest BCUT2D eigenvalue weighted by atomic mass is 16.5. The van der Waals surface area contributed by atoms with Crippen molar-refractivity contribution in [1.29, 1.82) is 0 Å². The molecule has 0 spiro atoms. The van der Waals surface area contributed by atoms with Crippen LogP contribution in [0, 0.1) is 29.6 Å². The summed E-state index contributed by atoms with van der Waals surface area (Å²) in [6.45, 7) is 18.1. The van der Waals surface area contributed by atoms with Crippen molar-refractivity contribution in [2.75, 3.05) is 13.2 Å². The van der Waals surface area contributed by atoms with Crippen LogP contribution in [0.1, 0.15) is 99.8 Å². The van der Waals surface area contributed by atoms with Gasteiger partial charge in [-0.1, -0.05) is 67.2 Å². The molecule has 0 aromatic rings. The maximum Gasteiger partial charge on any atom is 0.0549 e. The van der Waals surface area contributed by atoms with Crippen LogP contribution >= 0.6 is 0 Å². The van der Waals surface area contributed by atoms with E-state index >= 15 is 0 Å². The highest BCUT2D eigenvalue weighted by Gasteiger charge is 2.17. The van der Waals surface area contributed by atoms with E-state index in [-0.39, 0.29) is 0 Å². The van der Waals surface area contributed by atoms with E-state index in [1.54, 1.807) is 0 Å². The van der Waals surface area contributed by atoms with Gasteiger partial charge in [-0.3, -0.25) is 0 Å². The first-order valence-electron chi connectivity index (χ1n) is 11.1. The number of hydrogen-bond acceptors (Lipinski definition) is 2. The van der Waals surface area contributed by atoms with Crippen molar-refractivity contribution in [3.8, 4) is 0 Å². The average Bonchev–Trinajstić information content (AvgIpc) is 2.56. The summed E-state index contributed by atoms with van der Waals surface area (Å²) in [4.78, 5) is 0. The molecule has 25 heavy (non-hydrogen) atoms. The molecular formula is C23H49NO. The predicted molar refractivity (Wildman–Crippen MR) is 113 cm³/mol. The van der Waals surface area contributed by atoms with Crippen LogP contribution in [0.4, 0.5) is 0 Å². The van der Waals surface area contributed by atoms with E-state index in [1.807, 2.05) is 0 Å². The fourth-order valence-electron chi connectivity index (χ4n) is 4.09. The van der Waals surface area contributed by atoms with Crippen LogP contribution in [0.5, 0.6) is 0 Å². The average molecular weight is 356 g/mol. The first kappa shape index (κ1) is 24.9. The third kappa shape index (κ3) is 12.8. The standard InChI is InChI=1S/C23H49NO/c1-8-22(12-14-24)13-15-25-21(7)16-19(5)10-11-20(6)17-23(9-2)18(3)4/h18-23H,8-17,24H2,1-7H3. The molecule has 2 nitrogen and oxygen atoms in total. The van der Waals surface area contributed by atoms with Crippen molar-refractivity contribution in [1.82, 2.24) is 0 Å². The molecule has 2 heteroatoms. The SMILES string of the molecule is CCC(CCN)CCOC(C)CC(C)CCC(C)CC(CC)C(C)C. The third-order valence-electron chi connectivity index (χ3n) is 6.14. The molecule has 152 valence electrons. The summed E-state index contributed by atoms with van der Waals surface area (Å²) in [5, 5.41) is 0. The molecule has 0 aromatic heterocycles. The number of rotatable bonds is 16. The summed E-state index contributed by atoms with van der Waals surface area (Å²) in [6.07, 6.45) is 10.5. The lowest BCUT2D eigenvalue weighted by Crippen LogP contribution is -2.17. The highest BCUT2D eigenvalue weighted by Crippen LogP contribution is 2.27. The van der Waals surface area contributed by atoms with Gasteiger partial charge in [-0.15, -0.1) is 0 Å². The number of hydrogen-bond donors (Lipinski definition) is 1.